The summed E-state index contributed by atoms with van der Waals surface area (Å²) in [4.78, 5) is 12.8. The van der Waals surface area contributed by atoms with Crippen LogP contribution in [-0.4, -0.2) is 32.3 Å². The summed E-state index contributed by atoms with van der Waals surface area (Å²) >= 11 is 4.85. The van der Waals surface area contributed by atoms with E-state index in [1.165, 1.54) is 11.8 Å². The number of benzene rings is 1. The van der Waals surface area contributed by atoms with Gasteiger partial charge in [0.15, 0.2) is 5.82 Å². The molecule has 6 nitrogen and oxygen atoms in total. The standard InChI is InChI=1S/C11H12BrN5OS/c1-7(11-14-16-17-15-11)13-10(18)6-19-9-4-2-8(12)3-5-9/h2-5,7H,6H2,1H3,(H,13,18)(H,14,15,16,17). The molecule has 0 fully saturated rings. The Balaban J connectivity index is 1.80. The molecule has 8 heteroatoms. The monoisotopic (exact) mass is 341 g/mol. The predicted molar refractivity (Wildman–Crippen MR) is 75.6 cm³/mol. The molecule has 0 aliphatic heterocycles. The van der Waals surface area contributed by atoms with Crippen molar-refractivity contribution in [1.29, 1.82) is 0 Å². The molecule has 0 aliphatic carbocycles. The maximum atomic E-state index is 11.8. The van der Waals surface area contributed by atoms with E-state index in [1.807, 2.05) is 31.2 Å². The topological polar surface area (TPSA) is 83.6 Å². The summed E-state index contributed by atoms with van der Waals surface area (Å²) in [7, 11) is 0. The first-order valence-corrected chi connectivity index (χ1v) is 7.34. The molecule has 2 rings (SSSR count). The maximum absolute atomic E-state index is 11.8. The Labute approximate surface area is 122 Å². The molecule has 1 aromatic carbocycles. The Morgan fingerprint density at radius 3 is 2.84 bits per heavy atom. The number of halogens is 1. The summed E-state index contributed by atoms with van der Waals surface area (Å²) in [5.41, 5.74) is 0. The van der Waals surface area contributed by atoms with Gasteiger partial charge >= 0.3 is 0 Å². The van der Waals surface area contributed by atoms with E-state index < -0.39 is 0 Å². The predicted octanol–water partition coefficient (Wildman–Crippen LogP) is 1.93. The maximum Gasteiger partial charge on any atom is 0.230 e. The van der Waals surface area contributed by atoms with Crippen LogP contribution in [0.5, 0.6) is 0 Å². The summed E-state index contributed by atoms with van der Waals surface area (Å²) in [6.45, 7) is 1.81. The van der Waals surface area contributed by atoms with E-state index in [4.69, 9.17) is 0 Å². The number of aromatic amines is 1. The number of nitrogens with zero attached hydrogens (tertiary/aromatic N) is 3. The van der Waals surface area contributed by atoms with Crippen LogP contribution in [0.4, 0.5) is 0 Å². The lowest BCUT2D eigenvalue weighted by molar-refractivity contribution is -0.119. The van der Waals surface area contributed by atoms with Crippen LogP contribution in [0.1, 0.15) is 18.8 Å². The van der Waals surface area contributed by atoms with Crippen LogP contribution in [-0.2, 0) is 4.79 Å². The fourth-order valence-electron chi connectivity index (χ4n) is 1.38. The Morgan fingerprint density at radius 1 is 1.47 bits per heavy atom. The third-order valence-electron chi connectivity index (χ3n) is 2.31. The highest BCUT2D eigenvalue weighted by atomic mass is 79.9. The second kappa shape index (κ2) is 6.67. The molecular weight excluding hydrogens is 330 g/mol. The van der Waals surface area contributed by atoms with Crippen molar-refractivity contribution in [1.82, 2.24) is 25.9 Å². The Kier molecular flexibility index (Phi) is 4.92. The van der Waals surface area contributed by atoms with Crippen LogP contribution in [0.15, 0.2) is 33.6 Å². The van der Waals surface area contributed by atoms with Crippen LogP contribution in [0.2, 0.25) is 0 Å². The Morgan fingerprint density at radius 2 is 2.21 bits per heavy atom. The number of amides is 1. The summed E-state index contributed by atoms with van der Waals surface area (Å²) in [5.74, 6) is 0.760. The number of tetrazole rings is 1. The molecule has 1 amide bonds. The molecule has 2 aromatic rings. The number of nitrogens with one attached hydrogen (secondary N) is 2. The van der Waals surface area contributed by atoms with Gasteiger partial charge in [0.25, 0.3) is 0 Å². The molecule has 1 atom stereocenters. The first-order valence-electron chi connectivity index (χ1n) is 5.56. The highest BCUT2D eigenvalue weighted by molar-refractivity contribution is 9.10. The van der Waals surface area contributed by atoms with Crippen molar-refractivity contribution in [2.45, 2.75) is 17.9 Å². The highest BCUT2D eigenvalue weighted by Gasteiger charge is 2.13. The van der Waals surface area contributed by atoms with Crippen LogP contribution in [0.25, 0.3) is 0 Å². The van der Waals surface area contributed by atoms with E-state index in [0.29, 0.717) is 11.6 Å². The molecule has 0 radical (unpaired) electrons. The Bertz CT molecular complexity index is 531. The molecule has 0 saturated heterocycles. The van der Waals surface area contributed by atoms with Gasteiger partial charge in [-0.15, -0.1) is 22.0 Å². The van der Waals surface area contributed by atoms with Gasteiger partial charge in [-0.1, -0.05) is 21.1 Å². The number of H-pyrrole nitrogens is 1. The minimum absolute atomic E-state index is 0.0646. The number of aromatic nitrogens is 4. The van der Waals surface area contributed by atoms with Crippen LogP contribution in [0, 0.1) is 0 Å². The third-order valence-corrected chi connectivity index (χ3v) is 3.85. The smallest absolute Gasteiger partial charge is 0.230 e. The van der Waals surface area contributed by atoms with Crippen molar-refractivity contribution in [2.75, 3.05) is 5.75 Å². The van der Waals surface area contributed by atoms with E-state index in [2.05, 4.69) is 41.9 Å². The van der Waals surface area contributed by atoms with E-state index >= 15 is 0 Å². The number of thioether (sulfide) groups is 1. The molecule has 0 aliphatic rings. The highest BCUT2D eigenvalue weighted by Crippen LogP contribution is 2.20. The fraction of sp³-hybridized carbons (Fsp3) is 0.273. The lowest BCUT2D eigenvalue weighted by Gasteiger charge is -2.09. The van der Waals surface area contributed by atoms with Crippen molar-refractivity contribution in [3.05, 3.63) is 34.6 Å². The molecule has 1 heterocycles. The number of carbonyl (C=O) groups excluding carboxylic acids is 1. The first kappa shape index (κ1) is 14.0. The third kappa shape index (κ3) is 4.32. The SMILES string of the molecule is CC(NC(=O)CSc1ccc(Br)cc1)c1nn[nH]n1. The quantitative estimate of drug-likeness (QED) is 0.812. The number of hydrogen-bond donors (Lipinski definition) is 2. The minimum Gasteiger partial charge on any atom is -0.345 e. The van der Waals surface area contributed by atoms with Crippen LogP contribution in [0.3, 0.4) is 0 Å². The van der Waals surface area contributed by atoms with Crippen LogP contribution < -0.4 is 5.32 Å². The minimum atomic E-state index is -0.253. The number of rotatable bonds is 5. The lowest BCUT2D eigenvalue weighted by Crippen LogP contribution is -2.28. The van der Waals surface area contributed by atoms with Gasteiger partial charge in [-0.2, -0.15) is 5.21 Å². The Hall–Kier alpha value is -1.41. The number of hydrogen-bond acceptors (Lipinski definition) is 5. The zero-order chi connectivity index (χ0) is 13.7. The normalized spacial score (nSPS) is 12.1. The van der Waals surface area contributed by atoms with Crippen LogP contribution >= 0.6 is 27.7 Å². The molecule has 2 N–H and O–H groups in total. The van der Waals surface area contributed by atoms with Gasteiger partial charge in [0.1, 0.15) is 0 Å². The van der Waals surface area contributed by atoms with Gasteiger partial charge in [0, 0.05) is 9.37 Å². The average molecular weight is 342 g/mol. The summed E-state index contributed by atoms with van der Waals surface area (Å²) in [6.07, 6.45) is 0. The lowest BCUT2D eigenvalue weighted by atomic mass is 10.3. The summed E-state index contributed by atoms with van der Waals surface area (Å²) < 4.78 is 1.02. The van der Waals surface area contributed by atoms with Gasteiger partial charge in [0.05, 0.1) is 11.8 Å². The molecule has 19 heavy (non-hydrogen) atoms. The molecule has 0 bridgehead atoms. The first-order chi connectivity index (χ1) is 9.15. The van der Waals surface area contributed by atoms with Gasteiger partial charge < -0.3 is 5.32 Å². The van der Waals surface area contributed by atoms with Crippen molar-refractivity contribution in [3.63, 3.8) is 0 Å². The van der Waals surface area contributed by atoms with E-state index in [-0.39, 0.29) is 11.9 Å². The molecule has 1 unspecified atom stereocenters. The van der Waals surface area contributed by atoms with Crippen molar-refractivity contribution >= 4 is 33.6 Å². The van der Waals surface area contributed by atoms with Crippen molar-refractivity contribution < 1.29 is 4.79 Å². The van der Waals surface area contributed by atoms with E-state index in [0.717, 1.165) is 9.37 Å². The zero-order valence-corrected chi connectivity index (χ0v) is 12.5. The molecule has 1 aromatic heterocycles. The van der Waals surface area contributed by atoms with Gasteiger partial charge in [-0.3, -0.25) is 4.79 Å². The summed E-state index contributed by atoms with van der Waals surface area (Å²) in [5, 5.41) is 16.3. The van der Waals surface area contributed by atoms with E-state index in [9.17, 15) is 4.79 Å². The molecular formula is C11H12BrN5OS. The molecule has 0 saturated carbocycles. The van der Waals surface area contributed by atoms with Gasteiger partial charge in [0.2, 0.25) is 5.91 Å². The number of carbonyl (C=O) groups is 1. The van der Waals surface area contributed by atoms with E-state index in [1.54, 1.807) is 0 Å². The van der Waals surface area contributed by atoms with Crippen molar-refractivity contribution in [2.24, 2.45) is 0 Å². The molecule has 100 valence electrons. The van der Waals surface area contributed by atoms with Crippen molar-refractivity contribution in [3.8, 4) is 0 Å². The largest absolute Gasteiger partial charge is 0.345 e. The zero-order valence-electron chi connectivity index (χ0n) is 10.1. The second-order valence-corrected chi connectivity index (χ2v) is 5.77. The summed E-state index contributed by atoms with van der Waals surface area (Å²) in [6, 6.07) is 7.57. The molecule has 0 spiro atoms. The average Bonchev–Trinajstić information content (AvgIpc) is 2.92. The van der Waals surface area contributed by atoms with Gasteiger partial charge in [-0.05, 0) is 31.2 Å². The second-order valence-electron chi connectivity index (χ2n) is 3.80. The fourth-order valence-corrected chi connectivity index (χ4v) is 2.35. The van der Waals surface area contributed by atoms with Gasteiger partial charge in [-0.25, -0.2) is 0 Å².